The average Bonchev–Trinajstić information content (AvgIpc) is 2.47. The Morgan fingerprint density at radius 1 is 1.10 bits per heavy atom. The van der Waals surface area contributed by atoms with Gasteiger partial charge in [0, 0.05) is 16.9 Å². The first kappa shape index (κ1) is 13.9. The number of hydrogen-bond acceptors (Lipinski definition) is 3. The zero-order valence-electron chi connectivity index (χ0n) is 11.9. The van der Waals surface area contributed by atoms with Gasteiger partial charge in [-0.05, 0) is 55.3 Å². The Balaban J connectivity index is 2.25. The van der Waals surface area contributed by atoms with Gasteiger partial charge >= 0.3 is 0 Å². The molecule has 0 radical (unpaired) electrons. The molecule has 0 unspecified atom stereocenters. The number of nitrogen functional groups attached to an aromatic ring is 1. The first-order valence-electron chi connectivity index (χ1n) is 6.34. The molecule has 2 rings (SSSR count). The fourth-order valence-corrected chi connectivity index (χ4v) is 1.98. The van der Waals surface area contributed by atoms with Crippen LogP contribution in [0.5, 0.6) is 5.75 Å². The standard InChI is InChI=1S/C16H18N2O2/c1-10-4-9-14(17)11(2)15(10)18-16(19)12-5-7-13(20-3)8-6-12/h4-9H,17H2,1-3H3,(H,18,19). The Hall–Kier alpha value is -2.49. The molecule has 0 bridgehead atoms. The minimum atomic E-state index is -0.163. The molecule has 4 heteroatoms. The molecule has 0 atom stereocenters. The lowest BCUT2D eigenvalue weighted by Gasteiger charge is -2.13. The molecule has 0 fully saturated rings. The fraction of sp³-hybridized carbons (Fsp3) is 0.188. The summed E-state index contributed by atoms with van der Waals surface area (Å²) >= 11 is 0. The number of benzene rings is 2. The second kappa shape index (κ2) is 5.65. The predicted molar refractivity (Wildman–Crippen MR) is 81.3 cm³/mol. The van der Waals surface area contributed by atoms with Crippen LogP contribution in [0, 0.1) is 13.8 Å². The van der Waals surface area contributed by atoms with Gasteiger partial charge < -0.3 is 15.8 Å². The third-order valence-electron chi connectivity index (χ3n) is 3.31. The minimum Gasteiger partial charge on any atom is -0.497 e. The van der Waals surface area contributed by atoms with Gasteiger partial charge in [-0.3, -0.25) is 4.79 Å². The van der Waals surface area contributed by atoms with Gasteiger partial charge in [-0.2, -0.15) is 0 Å². The van der Waals surface area contributed by atoms with E-state index >= 15 is 0 Å². The summed E-state index contributed by atoms with van der Waals surface area (Å²) in [5.41, 5.74) is 9.75. The van der Waals surface area contributed by atoms with Gasteiger partial charge in [0.2, 0.25) is 0 Å². The monoisotopic (exact) mass is 270 g/mol. The summed E-state index contributed by atoms with van der Waals surface area (Å²) in [6, 6.07) is 10.7. The topological polar surface area (TPSA) is 64.3 Å². The highest BCUT2D eigenvalue weighted by atomic mass is 16.5. The van der Waals surface area contributed by atoms with Crippen LogP contribution in [-0.4, -0.2) is 13.0 Å². The van der Waals surface area contributed by atoms with Crippen LogP contribution in [0.15, 0.2) is 36.4 Å². The van der Waals surface area contributed by atoms with E-state index < -0.39 is 0 Å². The van der Waals surface area contributed by atoms with Crippen LogP contribution >= 0.6 is 0 Å². The van der Waals surface area contributed by atoms with Crippen molar-refractivity contribution >= 4 is 17.3 Å². The van der Waals surface area contributed by atoms with Crippen LogP contribution in [0.4, 0.5) is 11.4 Å². The molecule has 0 spiro atoms. The molecule has 3 N–H and O–H groups in total. The normalized spacial score (nSPS) is 10.2. The molecule has 0 saturated carbocycles. The van der Waals surface area contributed by atoms with E-state index in [4.69, 9.17) is 10.5 Å². The lowest BCUT2D eigenvalue weighted by molar-refractivity contribution is 0.102. The summed E-state index contributed by atoms with van der Waals surface area (Å²) in [7, 11) is 1.59. The Morgan fingerprint density at radius 2 is 1.75 bits per heavy atom. The summed E-state index contributed by atoms with van der Waals surface area (Å²) in [6.45, 7) is 3.84. The quantitative estimate of drug-likeness (QED) is 0.842. The minimum absolute atomic E-state index is 0.163. The molecule has 2 aromatic rings. The number of carbonyl (C=O) groups is 1. The van der Waals surface area contributed by atoms with E-state index in [1.807, 2.05) is 26.0 Å². The number of hydrogen-bond donors (Lipinski definition) is 2. The summed E-state index contributed by atoms with van der Waals surface area (Å²) in [4.78, 5) is 12.2. The predicted octanol–water partition coefficient (Wildman–Crippen LogP) is 3.15. The van der Waals surface area contributed by atoms with Crippen molar-refractivity contribution in [3.63, 3.8) is 0 Å². The summed E-state index contributed by atoms with van der Waals surface area (Å²) in [6.07, 6.45) is 0. The van der Waals surface area contributed by atoms with Crippen molar-refractivity contribution in [1.82, 2.24) is 0 Å². The number of methoxy groups -OCH3 is 1. The number of carbonyl (C=O) groups excluding carboxylic acids is 1. The molecule has 20 heavy (non-hydrogen) atoms. The lowest BCUT2D eigenvalue weighted by Crippen LogP contribution is -2.14. The second-order valence-corrected chi connectivity index (χ2v) is 4.65. The van der Waals surface area contributed by atoms with Crippen LogP contribution < -0.4 is 15.8 Å². The SMILES string of the molecule is COc1ccc(C(=O)Nc2c(C)ccc(N)c2C)cc1. The smallest absolute Gasteiger partial charge is 0.255 e. The number of amides is 1. The Morgan fingerprint density at radius 3 is 2.35 bits per heavy atom. The summed E-state index contributed by atoms with van der Waals surface area (Å²) in [5, 5.41) is 2.91. The van der Waals surface area contributed by atoms with Crippen molar-refractivity contribution in [2.24, 2.45) is 0 Å². The number of rotatable bonds is 3. The maximum Gasteiger partial charge on any atom is 0.255 e. The second-order valence-electron chi connectivity index (χ2n) is 4.65. The highest BCUT2D eigenvalue weighted by Gasteiger charge is 2.11. The molecule has 0 aromatic heterocycles. The van der Waals surface area contributed by atoms with E-state index in [9.17, 15) is 4.79 Å². The number of nitrogens with one attached hydrogen (secondary N) is 1. The van der Waals surface area contributed by atoms with Gasteiger partial charge in [0.1, 0.15) is 5.75 Å². The zero-order valence-corrected chi connectivity index (χ0v) is 11.9. The Kier molecular flexibility index (Phi) is 3.94. The van der Waals surface area contributed by atoms with E-state index in [2.05, 4.69) is 5.32 Å². The molecule has 4 nitrogen and oxygen atoms in total. The van der Waals surface area contributed by atoms with E-state index in [1.54, 1.807) is 31.4 Å². The molecule has 104 valence electrons. The molecular formula is C16H18N2O2. The van der Waals surface area contributed by atoms with E-state index in [0.717, 1.165) is 22.6 Å². The molecule has 0 heterocycles. The summed E-state index contributed by atoms with van der Waals surface area (Å²) < 4.78 is 5.07. The first-order chi connectivity index (χ1) is 9.52. The van der Waals surface area contributed by atoms with Crippen molar-refractivity contribution in [3.8, 4) is 5.75 Å². The zero-order chi connectivity index (χ0) is 14.7. The van der Waals surface area contributed by atoms with E-state index in [0.29, 0.717) is 11.3 Å². The molecule has 0 aliphatic carbocycles. The third kappa shape index (κ3) is 2.74. The van der Waals surface area contributed by atoms with Crippen LogP contribution in [-0.2, 0) is 0 Å². The van der Waals surface area contributed by atoms with Crippen LogP contribution in [0.2, 0.25) is 0 Å². The lowest BCUT2D eigenvalue weighted by atomic mass is 10.1. The maximum atomic E-state index is 12.2. The van der Waals surface area contributed by atoms with Gasteiger partial charge in [0.05, 0.1) is 7.11 Å². The van der Waals surface area contributed by atoms with Crippen LogP contribution in [0.3, 0.4) is 0 Å². The summed E-state index contributed by atoms with van der Waals surface area (Å²) in [5.74, 6) is 0.558. The highest BCUT2D eigenvalue weighted by Crippen LogP contribution is 2.25. The van der Waals surface area contributed by atoms with Crippen molar-refractivity contribution in [3.05, 3.63) is 53.1 Å². The van der Waals surface area contributed by atoms with E-state index in [-0.39, 0.29) is 5.91 Å². The van der Waals surface area contributed by atoms with Crippen LogP contribution in [0.1, 0.15) is 21.5 Å². The number of anilines is 2. The third-order valence-corrected chi connectivity index (χ3v) is 3.31. The maximum absolute atomic E-state index is 12.2. The number of aryl methyl sites for hydroxylation is 1. The Bertz CT molecular complexity index is 634. The molecular weight excluding hydrogens is 252 g/mol. The van der Waals surface area contributed by atoms with Gasteiger partial charge in [-0.1, -0.05) is 6.07 Å². The van der Waals surface area contributed by atoms with Gasteiger partial charge in [-0.25, -0.2) is 0 Å². The molecule has 0 aliphatic heterocycles. The van der Waals surface area contributed by atoms with Gasteiger partial charge in [0.15, 0.2) is 0 Å². The van der Waals surface area contributed by atoms with Gasteiger partial charge in [-0.15, -0.1) is 0 Å². The number of nitrogens with two attached hydrogens (primary N) is 1. The number of ether oxygens (including phenoxy) is 1. The first-order valence-corrected chi connectivity index (χ1v) is 6.34. The van der Waals surface area contributed by atoms with Crippen LogP contribution in [0.25, 0.3) is 0 Å². The van der Waals surface area contributed by atoms with Crippen molar-refractivity contribution in [2.75, 3.05) is 18.2 Å². The fourth-order valence-electron chi connectivity index (χ4n) is 1.98. The van der Waals surface area contributed by atoms with E-state index in [1.165, 1.54) is 0 Å². The van der Waals surface area contributed by atoms with Crippen molar-refractivity contribution in [2.45, 2.75) is 13.8 Å². The average molecular weight is 270 g/mol. The molecule has 0 aliphatic rings. The largest absolute Gasteiger partial charge is 0.497 e. The van der Waals surface area contributed by atoms with Crippen molar-refractivity contribution < 1.29 is 9.53 Å². The molecule has 0 saturated heterocycles. The highest BCUT2D eigenvalue weighted by molar-refractivity contribution is 6.05. The van der Waals surface area contributed by atoms with Crippen molar-refractivity contribution in [1.29, 1.82) is 0 Å². The molecule has 2 aromatic carbocycles. The van der Waals surface area contributed by atoms with Gasteiger partial charge in [0.25, 0.3) is 5.91 Å². The Labute approximate surface area is 118 Å². The molecule has 1 amide bonds.